The van der Waals surface area contributed by atoms with Gasteiger partial charge in [0.1, 0.15) is 23.4 Å². The fourth-order valence-corrected chi connectivity index (χ4v) is 4.23. The lowest BCUT2D eigenvalue weighted by Gasteiger charge is -2.31. The van der Waals surface area contributed by atoms with Gasteiger partial charge in [0.05, 0.1) is 24.4 Å². The highest BCUT2D eigenvalue weighted by Crippen LogP contribution is 2.29. The number of urea groups is 1. The summed E-state index contributed by atoms with van der Waals surface area (Å²) in [7, 11) is 1.58. The summed E-state index contributed by atoms with van der Waals surface area (Å²) in [5, 5.41) is 18.2. The summed E-state index contributed by atoms with van der Waals surface area (Å²) in [5.41, 5.74) is 2.60. The van der Waals surface area contributed by atoms with Gasteiger partial charge in [0.25, 0.3) is 0 Å². The summed E-state index contributed by atoms with van der Waals surface area (Å²) >= 11 is 0. The Labute approximate surface area is 220 Å². The molecule has 37 heavy (non-hydrogen) atoms. The molecule has 2 aliphatic rings. The third-order valence-electron chi connectivity index (χ3n) is 6.06. The number of nitriles is 1. The quantitative estimate of drug-likeness (QED) is 0.342. The maximum absolute atomic E-state index is 13.2. The summed E-state index contributed by atoms with van der Waals surface area (Å²) < 4.78 is 5.03. The van der Waals surface area contributed by atoms with Crippen molar-refractivity contribution in [1.82, 2.24) is 20.2 Å². The minimum absolute atomic E-state index is 0. The van der Waals surface area contributed by atoms with Crippen LogP contribution in [-0.4, -0.2) is 79.5 Å². The number of amides is 3. The van der Waals surface area contributed by atoms with Crippen LogP contribution in [-0.2, 0) is 22.5 Å². The van der Waals surface area contributed by atoms with E-state index in [2.05, 4.69) is 32.0 Å². The lowest BCUT2D eigenvalue weighted by Crippen LogP contribution is -2.47. The molecule has 4 heterocycles. The number of hydrogen-bond acceptors (Lipinski definition) is 9. The Balaban J connectivity index is 0.00000380. The van der Waals surface area contributed by atoms with E-state index in [0.717, 1.165) is 12.0 Å². The molecule has 0 aliphatic carbocycles. The van der Waals surface area contributed by atoms with Gasteiger partial charge >= 0.3 is 6.03 Å². The highest BCUT2D eigenvalue weighted by molar-refractivity contribution is 6.02. The van der Waals surface area contributed by atoms with Gasteiger partial charge in [-0.05, 0) is 24.5 Å². The van der Waals surface area contributed by atoms with Crippen LogP contribution in [0.4, 0.5) is 22.1 Å². The van der Waals surface area contributed by atoms with Crippen LogP contribution >= 0.6 is 12.4 Å². The Bertz CT molecular complexity index is 1200. The molecule has 0 aromatic carbocycles. The standard InChI is InChI=1S/C24H28N8O4.ClH/c1-36-8-5-27-19-10-21(28-12-18(19)11-25)30-24(35)32-6-2-3-16-9-17(20(15-33)29-23(16)32)14-31-7-4-26-13-22(31)34;/h9-10,12,15,26H,2-8,13-14H2,1H3,(H2,27,28,30,35);1H. The number of fused-ring (bicyclic) bond motifs is 1. The topological polar surface area (TPSA) is 153 Å². The Hall–Kier alpha value is -3.79. The van der Waals surface area contributed by atoms with Gasteiger partial charge in [-0.2, -0.15) is 5.26 Å². The molecule has 1 fully saturated rings. The maximum atomic E-state index is 13.2. The van der Waals surface area contributed by atoms with Gasteiger partial charge in [0, 0.05) is 57.7 Å². The molecule has 0 atom stereocenters. The first-order valence-corrected chi connectivity index (χ1v) is 11.7. The molecule has 12 nitrogen and oxygen atoms in total. The molecule has 0 spiro atoms. The zero-order valence-corrected chi connectivity index (χ0v) is 21.3. The van der Waals surface area contributed by atoms with E-state index in [4.69, 9.17) is 4.74 Å². The van der Waals surface area contributed by atoms with Crippen molar-refractivity contribution >= 4 is 48.0 Å². The Morgan fingerprint density at radius 2 is 2.19 bits per heavy atom. The number of aldehydes is 1. The molecule has 13 heteroatoms. The molecular formula is C24H29ClN8O4. The van der Waals surface area contributed by atoms with E-state index in [9.17, 15) is 19.6 Å². The van der Waals surface area contributed by atoms with Gasteiger partial charge in [0.2, 0.25) is 5.91 Å². The monoisotopic (exact) mass is 528 g/mol. The SMILES string of the molecule is COCCNc1cc(NC(=O)N2CCCc3cc(CN4CCNCC4=O)c(C=O)nc32)ncc1C#N.Cl. The highest BCUT2D eigenvalue weighted by atomic mass is 35.5. The lowest BCUT2D eigenvalue weighted by molar-refractivity contribution is -0.132. The number of carbonyl (C=O) groups is 3. The minimum Gasteiger partial charge on any atom is -0.383 e. The summed E-state index contributed by atoms with van der Waals surface area (Å²) in [6.07, 6.45) is 3.48. The molecule has 0 radical (unpaired) electrons. The number of aryl methyl sites for hydroxylation is 1. The molecule has 3 N–H and O–H groups in total. The first-order chi connectivity index (χ1) is 17.5. The summed E-state index contributed by atoms with van der Waals surface area (Å²) in [6.45, 7) is 3.20. The number of pyridine rings is 2. The Kier molecular flexibility index (Phi) is 9.73. The number of nitrogens with zero attached hydrogens (tertiary/aromatic N) is 5. The summed E-state index contributed by atoms with van der Waals surface area (Å²) in [5.74, 6) is 0.668. The molecule has 196 valence electrons. The number of carbonyl (C=O) groups excluding carboxylic acids is 3. The second-order valence-electron chi connectivity index (χ2n) is 8.46. The van der Waals surface area contributed by atoms with Gasteiger partial charge in [0.15, 0.2) is 6.29 Å². The first-order valence-electron chi connectivity index (χ1n) is 11.7. The van der Waals surface area contributed by atoms with Crippen molar-refractivity contribution in [3.8, 4) is 6.07 Å². The van der Waals surface area contributed by atoms with Crippen molar-refractivity contribution in [2.75, 3.05) is 62.0 Å². The number of ether oxygens (including phenoxy) is 1. The molecule has 1 saturated heterocycles. The van der Waals surface area contributed by atoms with Crippen LogP contribution in [0.15, 0.2) is 18.3 Å². The van der Waals surface area contributed by atoms with E-state index < -0.39 is 6.03 Å². The molecule has 0 unspecified atom stereocenters. The zero-order valence-electron chi connectivity index (χ0n) is 20.5. The van der Waals surface area contributed by atoms with E-state index in [0.29, 0.717) is 74.7 Å². The van der Waals surface area contributed by atoms with Gasteiger partial charge in [-0.3, -0.25) is 19.8 Å². The fraction of sp³-hybridized carbons (Fsp3) is 0.417. The maximum Gasteiger partial charge on any atom is 0.328 e. The Morgan fingerprint density at radius 1 is 1.35 bits per heavy atom. The average Bonchev–Trinajstić information content (AvgIpc) is 2.89. The van der Waals surface area contributed by atoms with E-state index in [1.807, 2.05) is 6.07 Å². The van der Waals surface area contributed by atoms with Crippen LogP contribution < -0.4 is 20.9 Å². The van der Waals surface area contributed by atoms with Crippen LogP contribution in [0, 0.1) is 11.3 Å². The van der Waals surface area contributed by atoms with Crippen molar-refractivity contribution in [2.24, 2.45) is 0 Å². The lowest BCUT2D eigenvalue weighted by atomic mass is 10.0. The molecule has 0 saturated carbocycles. The molecule has 0 bridgehead atoms. The third kappa shape index (κ3) is 6.51. The molecule has 3 amide bonds. The largest absolute Gasteiger partial charge is 0.383 e. The van der Waals surface area contributed by atoms with Gasteiger partial charge < -0.3 is 20.3 Å². The number of methoxy groups -OCH3 is 1. The molecule has 4 rings (SSSR count). The number of halogens is 1. The van der Waals surface area contributed by atoms with Crippen LogP contribution in [0.5, 0.6) is 0 Å². The third-order valence-corrected chi connectivity index (χ3v) is 6.06. The van der Waals surface area contributed by atoms with E-state index in [-0.39, 0.29) is 36.4 Å². The van der Waals surface area contributed by atoms with E-state index in [1.54, 1.807) is 18.1 Å². The molecular weight excluding hydrogens is 500 g/mol. The van der Waals surface area contributed by atoms with Gasteiger partial charge in [-0.25, -0.2) is 14.8 Å². The van der Waals surface area contributed by atoms with Crippen molar-refractivity contribution in [2.45, 2.75) is 19.4 Å². The predicted molar refractivity (Wildman–Crippen MR) is 139 cm³/mol. The molecule has 2 aromatic rings. The van der Waals surface area contributed by atoms with Gasteiger partial charge in [-0.15, -0.1) is 12.4 Å². The van der Waals surface area contributed by atoms with Crippen LogP contribution in [0.2, 0.25) is 0 Å². The first kappa shape index (κ1) is 27.8. The van der Waals surface area contributed by atoms with Crippen LogP contribution in [0.25, 0.3) is 0 Å². The van der Waals surface area contributed by atoms with Crippen LogP contribution in [0.1, 0.15) is 33.6 Å². The Morgan fingerprint density at radius 3 is 2.92 bits per heavy atom. The number of anilines is 3. The van der Waals surface area contributed by atoms with E-state index in [1.165, 1.54) is 11.1 Å². The number of nitrogens with one attached hydrogen (secondary N) is 3. The minimum atomic E-state index is -0.439. The number of piperazine rings is 1. The van der Waals surface area contributed by atoms with Crippen molar-refractivity contribution < 1.29 is 19.1 Å². The smallest absolute Gasteiger partial charge is 0.328 e. The fourth-order valence-electron chi connectivity index (χ4n) is 4.23. The zero-order chi connectivity index (χ0) is 25.5. The summed E-state index contributed by atoms with van der Waals surface area (Å²) in [4.78, 5) is 49.1. The van der Waals surface area contributed by atoms with Crippen molar-refractivity contribution in [1.29, 1.82) is 5.26 Å². The van der Waals surface area contributed by atoms with Crippen molar-refractivity contribution in [3.05, 3.63) is 40.7 Å². The average molecular weight is 529 g/mol. The number of hydrogen-bond donors (Lipinski definition) is 3. The molecule has 2 aromatic heterocycles. The highest BCUT2D eigenvalue weighted by Gasteiger charge is 2.27. The molecule has 2 aliphatic heterocycles. The van der Waals surface area contributed by atoms with Crippen molar-refractivity contribution in [3.63, 3.8) is 0 Å². The van der Waals surface area contributed by atoms with E-state index >= 15 is 0 Å². The van der Waals surface area contributed by atoms with Crippen LogP contribution in [0.3, 0.4) is 0 Å². The number of rotatable bonds is 8. The number of aromatic nitrogens is 2. The second-order valence-corrected chi connectivity index (χ2v) is 8.46. The second kappa shape index (κ2) is 13.0. The predicted octanol–water partition coefficient (Wildman–Crippen LogP) is 1.56. The summed E-state index contributed by atoms with van der Waals surface area (Å²) in [6, 6.07) is 5.10. The normalized spacial score (nSPS) is 14.8. The van der Waals surface area contributed by atoms with Gasteiger partial charge in [-0.1, -0.05) is 0 Å².